The van der Waals surface area contributed by atoms with Gasteiger partial charge in [-0.05, 0) is 35.9 Å². The van der Waals surface area contributed by atoms with Gasteiger partial charge in [-0.15, -0.1) is 0 Å². The molecule has 0 unspecified atom stereocenters. The van der Waals surface area contributed by atoms with E-state index in [4.69, 9.17) is 27.9 Å². The Balaban J connectivity index is 1.64. The molecule has 0 saturated carbocycles. The number of benzene rings is 2. The van der Waals surface area contributed by atoms with Crippen molar-refractivity contribution in [2.45, 2.75) is 11.4 Å². The summed E-state index contributed by atoms with van der Waals surface area (Å²) in [6.45, 7) is 1.75. The van der Waals surface area contributed by atoms with Crippen LogP contribution in [-0.2, 0) is 21.3 Å². The first kappa shape index (κ1) is 20.1. The minimum absolute atomic E-state index is 0.223. The first-order valence-corrected chi connectivity index (χ1v) is 10.5. The molecule has 1 amide bonds. The van der Waals surface area contributed by atoms with Gasteiger partial charge < -0.3 is 10.1 Å². The zero-order valence-electron chi connectivity index (χ0n) is 14.3. The quantitative estimate of drug-likeness (QED) is 0.793. The summed E-state index contributed by atoms with van der Waals surface area (Å²) in [5.41, 5.74) is 1.14. The summed E-state index contributed by atoms with van der Waals surface area (Å²) in [5.74, 6) is -0.315. The van der Waals surface area contributed by atoms with Crippen molar-refractivity contribution in [3.63, 3.8) is 0 Å². The van der Waals surface area contributed by atoms with Gasteiger partial charge in [0.1, 0.15) is 0 Å². The third-order valence-corrected chi connectivity index (χ3v) is 6.46. The van der Waals surface area contributed by atoms with Gasteiger partial charge in [0.2, 0.25) is 10.0 Å². The topological polar surface area (TPSA) is 75.7 Å². The highest BCUT2D eigenvalue weighted by molar-refractivity contribution is 7.89. The zero-order valence-corrected chi connectivity index (χ0v) is 16.6. The van der Waals surface area contributed by atoms with E-state index >= 15 is 0 Å². The molecule has 0 spiro atoms. The predicted molar refractivity (Wildman–Crippen MR) is 104 cm³/mol. The molecule has 2 aromatic rings. The second kappa shape index (κ2) is 8.58. The summed E-state index contributed by atoms with van der Waals surface area (Å²) >= 11 is 11.8. The lowest BCUT2D eigenvalue weighted by molar-refractivity contribution is 0.0730. The highest BCUT2D eigenvalue weighted by Gasteiger charge is 2.26. The SMILES string of the molecule is O=C(NCc1ccc(S(=O)(=O)N2CCOCC2)cc1)c1cc(Cl)cc(Cl)c1. The van der Waals surface area contributed by atoms with Crippen molar-refractivity contribution in [2.75, 3.05) is 26.3 Å². The van der Waals surface area contributed by atoms with Crippen LogP contribution in [0.4, 0.5) is 0 Å². The van der Waals surface area contributed by atoms with Gasteiger partial charge in [0.15, 0.2) is 0 Å². The van der Waals surface area contributed by atoms with E-state index in [9.17, 15) is 13.2 Å². The van der Waals surface area contributed by atoms with Gasteiger partial charge >= 0.3 is 0 Å². The molecular formula is C18H18Cl2N2O4S. The molecule has 6 nitrogen and oxygen atoms in total. The van der Waals surface area contributed by atoms with Gasteiger partial charge in [-0.3, -0.25) is 4.79 Å². The number of nitrogens with zero attached hydrogens (tertiary/aromatic N) is 1. The third-order valence-electron chi connectivity index (χ3n) is 4.11. The lowest BCUT2D eigenvalue weighted by Crippen LogP contribution is -2.40. The fourth-order valence-corrected chi connectivity index (χ4v) is 4.62. The van der Waals surface area contributed by atoms with Crippen LogP contribution in [0.25, 0.3) is 0 Å². The maximum absolute atomic E-state index is 12.6. The molecule has 0 aromatic heterocycles. The van der Waals surface area contributed by atoms with E-state index in [2.05, 4.69) is 5.32 Å². The van der Waals surface area contributed by atoms with Gasteiger partial charge in [-0.2, -0.15) is 4.31 Å². The fraction of sp³-hybridized carbons (Fsp3) is 0.278. The van der Waals surface area contributed by atoms with Crippen LogP contribution in [0, 0.1) is 0 Å². The number of amides is 1. The van der Waals surface area contributed by atoms with Crippen molar-refractivity contribution in [3.05, 3.63) is 63.6 Å². The average molecular weight is 429 g/mol. The Kier molecular flexibility index (Phi) is 6.39. The molecule has 1 fully saturated rings. The van der Waals surface area contributed by atoms with Gasteiger partial charge in [0.05, 0.1) is 18.1 Å². The highest BCUT2D eigenvalue weighted by atomic mass is 35.5. The number of morpholine rings is 1. The minimum Gasteiger partial charge on any atom is -0.379 e. The molecule has 0 bridgehead atoms. The molecule has 1 N–H and O–H groups in total. The van der Waals surface area contributed by atoms with Crippen LogP contribution in [0.1, 0.15) is 15.9 Å². The lowest BCUT2D eigenvalue weighted by atomic mass is 10.2. The van der Waals surface area contributed by atoms with E-state index in [1.807, 2.05) is 0 Å². The Morgan fingerprint density at radius 2 is 1.63 bits per heavy atom. The summed E-state index contributed by atoms with van der Waals surface area (Å²) in [5, 5.41) is 3.52. The van der Waals surface area contributed by atoms with Crippen molar-refractivity contribution < 1.29 is 17.9 Å². The van der Waals surface area contributed by atoms with Crippen LogP contribution in [0.2, 0.25) is 10.0 Å². The predicted octanol–water partition coefficient (Wildman–Crippen LogP) is 2.94. The smallest absolute Gasteiger partial charge is 0.251 e. The fourth-order valence-electron chi connectivity index (χ4n) is 2.68. The molecule has 1 aliphatic heterocycles. The second-order valence-electron chi connectivity index (χ2n) is 6.00. The molecule has 27 heavy (non-hydrogen) atoms. The van der Waals surface area contributed by atoms with Crippen molar-refractivity contribution in [1.29, 1.82) is 0 Å². The summed E-state index contributed by atoms with van der Waals surface area (Å²) in [7, 11) is -3.53. The summed E-state index contributed by atoms with van der Waals surface area (Å²) in [6, 6.07) is 11.1. The van der Waals surface area contributed by atoms with E-state index < -0.39 is 10.0 Å². The van der Waals surface area contributed by atoms with Crippen LogP contribution in [0.15, 0.2) is 47.4 Å². The normalized spacial score (nSPS) is 15.5. The van der Waals surface area contributed by atoms with E-state index in [0.717, 1.165) is 5.56 Å². The van der Waals surface area contributed by atoms with Crippen molar-refractivity contribution in [3.8, 4) is 0 Å². The maximum Gasteiger partial charge on any atom is 0.251 e. The summed E-state index contributed by atoms with van der Waals surface area (Å²) in [4.78, 5) is 12.4. The highest BCUT2D eigenvalue weighted by Crippen LogP contribution is 2.20. The van der Waals surface area contributed by atoms with Gasteiger partial charge in [0, 0.05) is 35.2 Å². The largest absolute Gasteiger partial charge is 0.379 e. The molecule has 1 saturated heterocycles. The van der Waals surface area contributed by atoms with E-state index in [1.165, 1.54) is 16.4 Å². The maximum atomic E-state index is 12.6. The Hall–Kier alpha value is -1.64. The summed E-state index contributed by atoms with van der Waals surface area (Å²) in [6.07, 6.45) is 0. The number of hydrogen-bond donors (Lipinski definition) is 1. The van der Waals surface area contributed by atoms with Crippen LogP contribution in [-0.4, -0.2) is 44.9 Å². The Bertz CT molecular complexity index is 907. The molecule has 144 valence electrons. The number of carbonyl (C=O) groups is 1. The van der Waals surface area contributed by atoms with E-state index in [1.54, 1.807) is 30.3 Å². The van der Waals surface area contributed by atoms with Crippen LogP contribution < -0.4 is 5.32 Å². The number of hydrogen-bond acceptors (Lipinski definition) is 4. The van der Waals surface area contributed by atoms with Crippen LogP contribution in [0.3, 0.4) is 0 Å². The number of carbonyl (C=O) groups excluding carboxylic acids is 1. The molecule has 9 heteroatoms. The molecule has 0 atom stereocenters. The minimum atomic E-state index is -3.53. The molecule has 1 heterocycles. The number of ether oxygens (including phenoxy) is 1. The number of halogens is 2. The lowest BCUT2D eigenvalue weighted by Gasteiger charge is -2.26. The van der Waals surface area contributed by atoms with Gasteiger partial charge in [0.25, 0.3) is 5.91 Å². The second-order valence-corrected chi connectivity index (χ2v) is 8.81. The first-order valence-electron chi connectivity index (χ1n) is 8.27. The molecule has 1 aliphatic rings. The van der Waals surface area contributed by atoms with Crippen molar-refractivity contribution in [1.82, 2.24) is 9.62 Å². The first-order chi connectivity index (χ1) is 12.9. The average Bonchev–Trinajstić information content (AvgIpc) is 2.66. The van der Waals surface area contributed by atoms with Gasteiger partial charge in [-0.1, -0.05) is 35.3 Å². The molecule has 3 rings (SSSR count). The molecule has 0 radical (unpaired) electrons. The van der Waals surface area contributed by atoms with Crippen LogP contribution >= 0.6 is 23.2 Å². The Labute approximate surface area is 168 Å². The monoisotopic (exact) mass is 428 g/mol. The molecule has 0 aliphatic carbocycles. The number of rotatable bonds is 5. The Morgan fingerprint density at radius 1 is 1.04 bits per heavy atom. The molecular weight excluding hydrogens is 411 g/mol. The zero-order chi connectivity index (χ0) is 19.4. The van der Waals surface area contributed by atoms with Crippen LogP contribution in [0.5, 0.6) is 0 Å². The van der Waals surface area contributed by atoms with Crippen molar-refractivity contribution in [2.24, 2.45) is 0 Å². The third kappa shape index (κ3) is 5.00. The molecule has 2 aromatic carbocycles. The van der Waals surface area contributed by atoms with E-state index in [0.29, 0.717) is 41.9 Å². The standard InChI is InChI=1S/C18H18Cl2N2O4S/c19-15-9-14(10-16(20)11-15)18(23)21-12-13-1-3-17(4-2-13)27(24,25)22-5-7-26-8-6-22/h1-4,9-11H,5-8,12H2,(H,21,23). The summed E-state index contributed by atoms with van der Waals surface area (Å²) < 4.78 is 31.8. The number of sulfonamides is 1. The van der Waals surface area contributed by atoms with Gasteiger partial charge in [-0.25, -0.2) is 8.42 Å². The van der Waals surface area contributed by atoms with Crippen molar-refractivity contribution >= 4 is 39.1 Å². The van der Waals surface area contributed by atoms with E-state index in [-0.39, 0.29) is 17.3 Å². The Morgan fingerprint density at radius 3 is 2.22 bits per heavy atom. The number of nitrogens with one attached hydrogen (secondary N) is 1.